The minimum Gasteiger partial charge on any atom is -0.477 e. The first kappa shape index (κ1) is 15.7. The molecule has 0 aliphatic heterocycles. The quantitative estimate of drug-likeness (QED) is 0.708. The van der Waals surface area contributed by atoms with Gasteiger partial charge >= 0.3 is 5.97 Å². The molecular weight excluding hydrogens is 282 g/mol. The van der Waals surface area contributed by atoms with Crippen LogP contribution in [-0.4, -0.2) is 22.1 Å². The summed E-state index contributed by atoms with van der Waals surface area (Å²) in [5.41, 5.74) is -1.35. The molecule has 0 saturated carbocycles. The van der Waals surface area contributed by atoms with Crippen molar-refractivity contribution in [3.05, 3.63) is 71.8 Å². The van der Waals surface area contributed by atoms with Gasteiger partial charge in [0.25, 0.3) is 5.72 Å². The molecule has 1 atom stereocenters. The van der Waals surface area contributed by atoms with E-state index in [0.717, 1.165) is 5.56 Å². The number of carboxylic acids is 1. The highest BCUT2D eigenvalue weighted by Gasteiger charge is 2.39. The van der Waals surface area contributed by atoms with E-state index in [0.29, 0.717) is 6.42 Å². The summed E-state index contributed by atoms with van der Waals surface area (Å²) in [6.07, 6.45) is 0.559. The van der Waals surface area contributed by atoms with E-state index >= 15 is 0 Å². The van der Waals surface area contributed by atoms with Gasteiger partial charge in [0.1, 0.15) is 0 Å². The molecule has 22 heavy (non-hydrogen) atoms. The number of carbonyl (C=O) groups is 2. The molecule has 0 spiro atoms. The average molecular weight is 299 g/mol. The zero-order valence-electron chi connectivity index (χ0n) is 11.9. The van der Waals surface area contributed by atoms with Crippen molar-refractivity contribution in [3.63, 3.8) is 0 Å². The Labute approximate surface area is 128 Å². The summed E-state index contributed by atoms with van der Waals surface area (Å²) >= 11 is 0. The Kier molecular flexibility index (Phi) is 4.91. The van der Waals surface area contributed by atoms with Gasteiger partial charge in [-0.3, -0.25) is 4.79 Å². The predicted octanol–water partition coefficient (Wildman–Crippen LogP) is 1.67. The summed E-state index contributed by atoms with van der Waals surface area (Å²) in [5, 5.41) is 21.7. The Morgan fingerprint density at radius 2 is 1.50 bits per heavy atom. The van der Waals surface area contributed by atoms with E-state index in [1.807, 2.05) is 30.3 Å². The Bertz CT molecular complexity index is 642. The maximum absolute atomic E-state index is 12.0. The van der Waals surface area contributed by atoms with Gasteiger partial charge in [-0.1, -0.05) is 60.7 Å². The second kappa shape index (κ2) is 6.87. The van der Waals surface area contributed by atoms with Gasteiger partial charge < -0.3 is 15.5 Å². The third-order valence-corrected chi connectivity index (χ3v) is 3.30. The van der Waals surface area contributed by atoms with Crippen molar-refractivity contribution in [3.8, 4) is 0 Å². The maximum atomic E-state index is 12.0. The maximum Gasteiger partial charge on any atom is 0.362 e. The highest BCUT2D eigenvalue weighted by molar-refractivity contribution is 5.86. The molecule has 3 N–H and O–H groups in total. The first-order valence-corrected chi connectivity index (χ1v) is 6.88. The van der Waals surface area contributed by atoms with Crippen LogP contribution in [0.1, 0.15) is 17.5 Å². The zero-order valence-corrected chi connectivity index (χ0v) is 11.9. The van der Waals surface area contributed by atoms with E-state index in [9.17, 15) is 19.8 Å². The van der Waals surface area contributed by atoms with Crippen LogP contribution >= 0.6 is 0 Å². The summed E-state index contributed by atoms with van der Waals surface area (Å²) < 4.78 is 0. The molecule has 0 bridgehead atoms. The third kappa shape index (κ3) is 3.71. The molecule has 2 aromatic rings. The molecule has 0 fully saturated rings. The minimum atomic E-state index is -2.42. The number of aryl methyl sites for hydroxylation is 1. The first-order valence-electron chi connectivity index (χ1n) is 6.88. The Balaban J connectivity index is 2.05. The van der Waals surface area contributed by atoms with E-state index in [1.165, 1.54) is 12.1 Å². The number of carbonyl (C=O) groups excluding carboxylic acids is 1. The van der Waals surface area contributed by atoms with Gasteiger partial charge in [-0.2, -0.15) is 0 Å². The summed E-state index contributed by atoms with van der Waals surface area (Å²) in [6, 6.07) is 17.2. The monoisotopic (exact) mass is 299 g/mol. The Morgan fingerprint density at radius 1 is 0.955 bits per heavy atom. The normalized spacial score (nSPS) is 13.1. The number of carboxylic acid groups (broad SMARTS) is 1. The Hall–Kier alpha value is -2.66. The highest BCUT2D eigenvalue weighted by Crippen LogP contribution is 2.18. The lowest BCUT2D eigenvalue weighted by molar-refractivity contribution is -0.167. The van der Waals surface area contributed by atoms with Crippen LogP contribution in [0.5, 0.6) is 0 Å². The molecule has 1 unspecified atom stereocenters. The summed E-state index contributed by atoms with van der Waals surface area (Å²) in [7, 11) is 0. The van der Waals surface area contributed by atoms with E-state index in [4.69, 9.17) is 0 Å². The average Bonchev–Trinajstić information content (AvgIpc) is 2.54. The van der Waals surface area contributed by atoms with Crippen molar-refractivity contribution >= 4 is 11.9 Å². The number of hydrogen-bond donors (Lipinski definition) is 3. The van der Waals surface area contributed by atoms with Crippen molar-refractivity contribution in [1.29, 1.82) is 0 Å². The molecular formula is C17H17NO4. The van der Waals surface area contributed by atoms with Crippen molar-refractivity contribution in [2.45, 2.75) is 18.6 Å². The minimum absolute atomic E-state index is 0.0897. The number of rotatable bonds is 6. The van der Waals surface area contributed by atoms with Crippen LogP contribution in [0.2, 0.25) is 0 Å². The van der Waals surface area contributed by atoms with E-state index < -0.39 is 17.6 Å². The van der Waals surface area contributed by atoms with Gasteiger partial charge in [0.05, 0.1) is 0 Å². The molecule has 0 radical (unpaired) electrons. The van der Waals surface area contributed by atoms with E-state index in [-0.39, 0.29) is 12.0 Å². The first-order chi connectivity index (χ1) is 10.5. The number of benzene rings is 2. The van der Waals surface area contributed by atoms with Crippen LogP contribution in [0, 0.1) is 0 Å². The van der Waals surface area contributed by atoms with Crippen molar-refractivity contribution in [2.24, 2.45) is 0 Å². The lowest BCUT2D eigenvalue weighted by atomic mass is 10.0. The molecule has 1 amide bonds. The lowest BCUT2D eigenvalue weighted by Crippen LogP contribution is -2.51. The van der Waals surface area contributed by atoms with E-state index in [1.54, 1.807) is 18.2 Å². The van der Waals surface area contributed by atoms with Gasteiger partial charge in [-0.25, -0.2) is 4.79 Å². The summed E-state index contributed by atoms with van der Waals surface area (Å²) in [5.74, 6) is -2.05. The topological polar surface area (TPSA) is 86.6 Å². The standard InChI is InChI=1S/C17H17NO4/c19-15(12-11-13-7-3-1-4-8-13)18-17(22,16(20)21)14-9-5-2-6-10-14/h1-10,22H,11-12H2,(H,18,19)(H,20,21). The molecule has 2 aromatic carbocycles. The molecule has 5 heteroatoms. The van der Waals surface area contributed by atoms with Crippen LogP contribution in [0.3, 0.4) is 0 Å². The van der Waals surface area contributed by atoms with Crippen LogP contribution in [0.4, 0.5) is 0 Å². The van der Waals surface area contributed by atoms with Gasteiger partial charge in [0, 0.05) is 12.0 Å². The molecule has 114 valence electrons. The number of aliphatic carboxylic acids is 1. The second-order valence-corrected chi connectivity index (χ2v) is 4.92. The number of amides is 1. The van der Waals surface area contributed by atoms with Gasteiger partial charge in [-0.05, 0) is 12.0 Å². The number of hydrogen-bond acceptors (Lipinski definition) is 3. The fourth-order valence-corrected chi connectivity index (χ4v) is 2.10. The van der Waals surface area contributed by atoms with Crippen LogP contribution < -0.4 is 5.32 Å². The zero-order chi connectivity index (χ0) is 16.0. The molecule has 2 rings (SSSR count). The Morgan fingerprint density at radius 3 is 2.05 bits per heavy atom. The predicted molar refractivity (Wildman–Crippen MR) is 80.9 cm³/mol. The van der Waals surface area contributed by atoms with Gasteiger partial charge in [0.15, 0.2) is 0 Å². The molecule has 0 heterocycles. The van der Waals surface area contributed by atoms with Crippen molar-refractivity contribution in [2.75, 3.05) is 0 Å². The van der Waals surface area contributed by atoms with Gasteiger partial charge in [-0.15, -0.1) is 0 Å². The molecule has 0 saturated heterocycles. The SMILES string of the molecule is O=C(CCc1ccccc1)NC(O)(C(=O)O)c1ccccc1. The smallest absolute Gasteiger partial charge is 0.362 e. The largest absolute Gasteiger partial charge is 0.477 e. The summed E-state index contributed by atoms with van der Waals surface area (Å²) in [4.78, 5) is 23.3. The van der Waals surface area contributed by atoms with Gasteiger partial charge in [0.2, 0.25) is 5.91 Å². The molecule has 0 aliphatic carbocycles. The van der Waals surface area contributed by atoms with Crippen molar-refractivity contribution < 1.29 is 19.8 Å². The van der Waals surface area contributed by atoms with Crippen LogP contribution in [0.15, 0.2) is 60.7 Å². The fourth-order valence-electron chi connectivity index (χ4n) is 2.10. The van der Waals surface area contributed by atoms with E-state index in [2.05, 4.69) is 5.32 Å². The molecule has 0 aliphatic rings. The summed E-state index contributed by atoms with van der Waals surface area (Å²) in [6.45, 7) is 0. The second-order valence-electron chi connectivity index (χ2n) is 4.92. The lowest BCUT2D eigenvalue weighted by Gasteiger charge is -2.25. The highest BCUT2D eigenvalue weighted by atomic mass is 16.4. The molecule has 5 nitrogen and oxygen atoms in total. The molecule has 0 aromatic heterocycles. The van der Waals surface area contributed by atoms with Crippen LogP contribution in [-0.2, 0) is 21.7 Å². The van der Waals surface area contributed by atoms with Crippen LogP contribution in [0.25, 0.3) is 0 Å². The van der Waals surface area contributed by atoms with Crippen molar-refractivity contribution in [1.82, 2.24) is 5.32 Å². The number of nitrogens with one attached hydrogen (secondary N) is 1. The number of aliphatic hydroxyl groups is 1. The third-order valence-electron chi connectivity index (χ3n) is 3.30. The fraction of sp³-hybridized carbons (Fsp3) is 0.176.